The fraction of sp³-hybridized carbons (Fsp3) is 0.375. The Labute approximate surface area is 277 Å². The summed E-state index contributed by atoms with van der Waals surface area (Å²) in [5, 5.41) is 2.64. The van der Waals surface area contributed by atoms with E-state index < -0.39 is 0 Å². The Bertz CT molecular complexity index is 1590. The zero-order valence-electron chi connectivity index (χ0n) is 28.2. The lowest BCUT2D eigenvalue weighted by Crippen LogP contribution is -3.00. The molecule has 0 saturated carbocycles. The average Bonchev–Trinajstić information content (AvgIpc) is 3.20. The predicted molar refractivity (Wildman–Crippen MR) is 190 cm³/mol. The van der Waals surface area contributed by atoms with Gasteiger partial charge in [0, 0.05) is 73.8 Å². The highest BCUT2D eigenvalue weighted by Crippen LogP contribution is 2.27. The molecule has 0 unspecified atom stereocenters. The van der Waals surface area contributed by atoms with E-state index in [1.54, 1.807) is 0 Å². The van der Waals surface area contributed by atoms with Crippen molar-refractivity contribution < 1.29 is 12.4 Å². The van der Waals surface area contributed by atoms with Crippen LogP contribution in [-0.4, -0.2) is 58.3 Å². The molecule has 5 heteroatoms. The second kappa shape index (κ2) is 16.1. The second-order valence-corrected chi connectivity index (χ2v) is 12.1. The highest BCUT2D eigenvalue weighted by Gasteiger charge is 2.22. The third-order valence-electron chi connectivity index (χ3n) is 9.16. The zero-order valence-corrected chi connectivity index (χ0v) is 28.9. The standard InChI is InChI=1S/C40H51N4.ClH/c1-7-42(8-2)36-23-18-32(19-24-36)40(33-20-25-37(26-21-33)43(9-3)10-4)35-22-27-39-34(30-35)17-16-31-14-11-12-15-38(31)44(39)29-13-28-41(5)6;/h11-12,14-15,18-27,30H,7-10,13,16-17,28-29H2,1-6H3;1H/q+1;/p-1. The zero-order chi connectivity index (χ0) is 31.1. The summed E-state index contributed by atoms with van der Waals surface area (Å²) in [5.74, 6) is 0. The summed E-state index contributed by atoms with van der Waals surface area (Å²) < 4.78 is 2.57. The Kier molecular flexibility index (Phi) is 12.3. The molecule has 5 rings (SSSR count). The van der Waals surface area contributed by atoms with Gasteiger partial charge in [0.25, 0.3) is 0 Å². The number of fused-ring (bicyclic) bond motifs is 2. The Balaban J connectivity index is 0.00000461. The summed E-state index contributed by atoms with van der Waals surface area (Å²) in [6.45, 7) is 15.0. The molecular weight excluding hydrogens is 572 g/mol. The number of rotatable bonds is 12. The molecule has 1 heterocycles. The lowest BCUT2D eigenvalue weighted by molar-refractivity contribution is -0.00000906. The van der Waals surface area contributed by atoms with Crippen LogP contribution in [0.3, 0.4) is 0 Å². The van der Waals surface area contributed by atoms with Crippen LogP contribution >= 0.6 is 0 Å². The van der Waals surface area contributed by atoms with Gasteiger partial charge in [0.2, 0.25) is 11.0 Å². The molecule has 0 radical (unpaired) electrons. The lowest BCUT2D eigenvalue weighted by atomic mass is 9.93. The Morgan fingerprint density at radius 2 is 1.18 bits per heavy atom. The largest absolute Gasteiger partial charge is 1.00 e. The first kappa shape index (κ1) is 34.3. The summed E-state index contributed by atoms with van der Waals surface area (Å²) in [6.07, 6.45) is 3.22. The summed E-state index contributed by atoms with van der Waals surface area (Å²) in [4.78, 5) is 7.10. The molecule has 238 valence electrons. The molecule has 0 aliphatic carbocycles. The molecule has 4 aromatic rings. The van der Waals surface area contributed by atoms with Crippen molar-refractivity contribution in [2.75, 3.05) is 63.2 Å². The summed E-state index contributed by atoms with van der Waals surface area (Å²) >= 11 is 0. The number of para-hydroxylation sites is 1. The first-order valence-electron chi connectivity index (χ1n) is 16.7. The first-order chi connectivity index (χ1) is 21.5. The number of benzene rings is 4. The van der Waals surface area contributed by atoms with Gasteiger partial charge in [-0.25, -0.2) is 0 Å². The van der Waals surface area contributed by atoms with Crippen molar-refractivity contribution in [3.8, 4) is 0 Å². The van der Waals surface area contributed by atoms with Crippen molar-refractivity contribution in [3.63, 3.8) is 0 Å². The Hall–Kier alpha value is -3.60. The van der Waals surface area contributed by atoms with Crippen LogP contribution in [0.1, 0.15) is 56.4 Å². The molecule has 0 spiro atoms. The molecule has 4 aromatic carbocycles. The van der Waals surface area contributed by atoms with Crippen molar-refractivity contribution in [1.29, 1.82) is 0 Å². The number of hydrogen-bond acceptors (Lipinski definition) is 3. The van der Waals surface area contributed by atoms with Gasteiger partial charge in [-0.3, -0.25) is 0 Å². The van der Waals surface area contributed by atoms with E-state index in [0.29, 0.717) is 0 Å². The minimum atomic E-state index is 0. The molecule has 0 atom stereocenters. The van der Waals surface area contributed by atoms with E-state index in [4.69, 9.17) is 0 Å². The minimum Gasteiger partial charge on any atom is -1.00 e. The van der Waals surface area contributed by atoms with Gasteiger partial charge in [-0.1, -0.05) is 42.5 Å². The van der Waals surface area contributed by atoms with Gasteiger partial charge in [0.15, 0.2) is 6.54 Å². The highest BCUT2D eigenvalue weighted by atomic mass is 35.5. The van der Waals surface area contributed by atoms with Crippen molar-refractivity contribution in [2.45, 2.75) is 47.0 Å². The molecule has 4 nitrogen and oxygen atoms in total. The topological polar surface area (TPSA) is 12.7 Å². The highest BCUT2D eigenvalue weighted by molar-refractivity contribution is 5.81. The van der Waals surface area contributed by atoms with E-state index in [9.17, 15) is 0 Å². The van der Waals surface area contributed by atoms with Gasteiger partial charge in [-0.05, 0) is 113 Å². The van der Waals surface area contributed by atoms with Crippen LogP contribution in [-0.2, 0) is 12.8 Å². The fourth-order valence-electron chi connectivity index (χ4n) is 6.73. The number of aryl methyl sites for hydroxylation is 2. The maximum Gasteiger partial charge on any atom is 0.208 e. The van der Waals surface area contributed by atoms with E-state index in [-0.39, 0.29) is 12.4 Å². The van der Waals surface area contributed by atoms with Crippen LogP contribution in [0, 0.1) is 0 Å². The molecule has 0 saturated heterocycles. The predicted octanol–water partition coefficient (Wildman–Crippen LogP) is 3.50. The lowest BCUT2D eigenvalue weighted by Gasteiger charge is -2.22. The Morgan fingerprint density at radius 3 is 1.71 bits per heavy atom. The third kappa shape index (κ3) is 7.80. The van der Waals surface area contributed by atoms with Gasteiger partial charge < -0.3 is 27.1 Å². The summed E-state index contributed by atoms with van der Waals surface area (Å²) in [5.41, 5.74) is 10.6. The van der Waals surface area contributed by atoms with Crippen molar-refractivity contribution in [1.82, 2.24) is 9.48 Å². The molecule has 45 heavy (non-hydrogen) atoms. The van der Waals surface area contributed by atoms with Gasteiger partial charge >= 0.3 is 0 Å². The Morgan fingerprint density at radius 1 is 0.644 bits per heavy atom. The molecule has 0 fully saturated rings. The van der Waals surface area contributed by atoms with Gasteiger partial charge in [-0.2, -0.15) is 4.58 Å². The molecule has 0 bridgehead atoms. The SMILES string of the molecule is CCN(CC)c1ccc(C(c2ccc(N(CC)CC)cc2)=c2ccc3c(c2)CCc2ccccc2[N+]=3CCCN(C)C)cc1.[Cl-]. The maximum absolute atomic E-state index is 2.57. The van der Waals surface area contributed by atoms with Crippen LogP contribution in [0.15, 0.2) is 91.0 Å². The molecule has 0 aromatic heterocycles. The second-order valence-electron chi connectivity index (χ2n) is 12.1. The van der Waals surface area contributed by atoms with E-state index in [2.05, 4.69) is 152 Å². The van der Waals surface area contributed by atoms with E-state index in [1.165, 1.54) is 55.5 Å². The van der Waals surface area contributed by atoms with Gasteiger partial charge in [0.05, 0.1) is 0 Å². The third-order valence-corrected chi connectivity index (χ3v) is 9.16. The molecule has 0 N–H and O–H groups in total. The number of anilines is 2. The van der Waals surface area contributed by atoms with Gasteiger partial charge in [-0.15, -0.1) is 0 Å². The maximum atomic E-state index is 2.57. The minimum absolute atomic E-state index is 0. The average molecular weight is 623 g/mol. The van der Waals surface area contributed by atoms with Crippen molar-refractivity contribution >= 4 is 22.6 Å². The van der Waals surface area contributed by atoms with Crippen LogP contribution in [0.25, 0.3) is 5.57 Å². The van der Waals surface area contributed by atoms with Crippen LogP contribution in [0.5, 0.6) is 0 Å². The molecule has 0 amide bonds. The van der Waals surface area contributed by atoms with Crippen LogP contribution in [0.4, 0.5) is 17.1 Å². The molecule has 1 aliphatic heterocycles. The molecule has 1 aliphatic rings. The quantitative estimate of drug-likeness (QED) is 0.225. The summed E-state index contributed by atoms with van der Waals surface area (Å²) in [7, 11) is 4.33. The monoisotopic (exact) mass is 622 g/mol. The molecular formula is C40H51ClN4. The normalized spacial score (nSPS) is 12.2. The van der Waals surface area contributed by atoms with E-state index in [1.807, 2.05) is 0 Å². The van der Waals surface area contributed by atoms with E-state index >= 15 is 0 Å². The van der Waals surface area contributed by atoms with E-state index in [0.717, 1.165) is 58.5 Å². The number of halogens is 1. The van der Waals surface area contributed by atoms with Crippen molar-refractivity contribution in [3.05, 3.63) is 124 Å². The fourth-order valence-corrected chi connectivity index (χ4v) is 6.73. The van der Waals surface area contributed by atoms with Gasteiger partial charge in [0.1, 0.15) is 0 Å². The number of nitrogens with zero attached hydrogens (tertiary/aromatic N) is 4. The van der Waals surface area contributed by atoms with Crippen molar-refractivity contribution in [2.24, 2.45) is 0 Å². The first-order valence-corrected chi connectivity index (χ1v) is 16.7. The number of hydrogen-bond donors (Lipinski definition) is 0. The van der Waals surface area contributed by atoms with Crippen LogP contribution < -0.4 is 37.4 Å². The smallest absolute Gasteiger partial charge is 0.208 e. The summed E-state index contributed by atoms with van der Waals surface area (Å²) in [6, 6.07) is 34.6. The van der Waals surface area contributed by atoms with Crippen LogP contribution in [0.2, 0.25) is 0 Å².